The number of carbonyl (C=O) groups excluding carboxylic acids is 3. The van der Waals surface area contributed by atoms with Crippen molar-refractivity contribution in [1.82, 2.24) is 5.32 Å². The van der Waals surface area contributed by atoms with Crippen molar-refractivity contribution in [1.29, 1.82) is 0 Å². The van der Waals surface area contributed by atoms with Crippen LogP contribution in [0.2, 0.25) is 0 Å². The van der Waals surface area contributed by atoms with Gasteiger partial charge in [-0.1, -0.05) is 6.07 Å². The molecule has 0 spiro atoms. The number of hydrogen-bond donors (Lipinski definition) is 2. The van der Waals surface area contributed by atoms with Gasteiger partial charge in [-0.25, -0.2) is 4.79 Å². The van der Waals surface area contributed by atoms with E-state index >= 15 is 0 Å². The molecule has 0 fully saturated rings. The largest absolute Gasteiger partial charge is 0.465 e. The normalized spacial score (nSPS) is 11.7. The molecule has 9 heteroatoms. The molecule has 1 aliphatic rings. The van der Waals surface area contributed by atoms with Crippen LogP contribution in [0.15, 0.2) is 29.6 Å². The summed E-state index contributed by atoms with van der Waals surface area (Å²) in [5.74, 6) is -1.03. The van der Waals surface area contributed by atoms with E-state index in [2.05, 4.69) is 15.4 Å². The minimum Gasteiger partial charge on any atom is -0.465 e. The number of rotatable bonds is 4. The summed E-state index contributed by atoms with van der Waals surface area (Å²) in [6.07, 6.45) is 0. The minimum atomic E-state index is -0.871. The standard InChI is InChI=1S/C16H14N2O6S/c1-22-16(21)13-10(4-5-25-13)18-15(20)14(19)17-7-9-2-3-11-12(6-9)24-8-23-11/h2-6H,7-8H2,1H3,(H,17,19)(H,18,20). The lowest BCUT2D eigenvalue weighted by Gasteiger charge is -2.07. The summed E-state index contributed by atoms with van der Waals surface area (Å²) in [5, 5.41) is 6.52. The summed E-state index contributed by atoms with van der Waals surface area (Å²) in [4.78, 5) is 35.7. The van der Waals surface area contributed by atoms with Crippen molar-refractivity contribution >= 4 is 34.8 Å². The van der Waals surface area contributed by atoms with E-state index in [1.807, 2.05) is 0 Å². The van der Waals surface area contributed by atoms with Crippen LogP contribution in [0.3, 0.4) is 0 Å². The van der Waals surface area contributed by atoms with Crippen LogP contribution < -0.4 is 20.1 Å². The fourth-order valence-electron chi connectivity index (χ4n) is 2.15. The first-order valence-electron chi connectivity index (χ1n) is 7.22. The van der Waals surface area contributed by atoms with E-state index in [9.17, 15) is 14.4 Å². The van der Waals surface area contributed by atoms with Gasteiger partial charge in [0, 0.05) is 6.54 Å². The monoisotopic (exact) mass is 362 g/mol. The summed E-state index contributed by atoms with van der Waals surface area (Å²) in [7, 11) is 1.24. The summed E-state index contributed by atoms with van der Waals surface area (Å²) in [6, 6.07) is 6.76. The van der Waals surface area contributed by atoms with E-state index in [1.54, 1.807) is 23.6 Å². The molecule has 1 aliphatic heterocycles. The maximum Gasteiger partial charge on any atom is 0.350 e. The van der Waals surface area contributed by atoms with Gasteiger partial charge in [0.25, 0.3) is 0 Å². The molecule has 0 saturated heterocycles. The number of methoxy groups -OCH3 is 1. The topological polar surface area (TPSA) is 103 Å². The number of nitrogens with one attached hydrogen (secondary N) is 2. The van der Waals surface area contributed by atoms with Gasteiger partial charge < -0.3 is 24.8 Å². The highest BCUT2D eigenvalue weighted by atomic mass is 32.1. The lowest BCUT2D eigenvalue weighted by molar-refractivity contribution is -0.136. The summed E-state index contributed by atoms with van der Waals surface area (Å²) >= 11 is 1.11. The molecule has 25 heavy (non-hydrogen) atoms. The van der Waals surface area contributed by atoms with E-state index < -0.39 is 17.8 Å². The summed E-state index contributed by atoms with van der Waals surface area (Å²) in [5.41, 5.74) is 0.997. The van der Waals surface area contributed by atoms with Gasteiger partial charge in [-0.05, 0) is 29.1 Å². The molecule has 0 saturated carbocycles. The minimum absolute atomic E-state index is 0.149. The second kappa shape index (κ2) is 7.22. The molecule has 0 unspecified atom stereocenters. The number of thiophene rings is 1. The predicted octanol–water partition coefficient (Wildman–Crippen LogP) is 1.52. The first-order chi connectivity index (χ1) is 12.1. The van der Waals surface area contributed by atoms with Crippen molar-refractivity contribution < 1.29 is 28.6 Å². The Kier molecular flexibility index (Phi) is 4.85. The van der Waals surface area contributed by atoms with E-state index in [-0.39, 0.29) is 23.9 Å². The van der Waals surface area contributed by atoms with Crippen LogP contribution in [0.25, 0.3) is 0 Å². The highest BCUT2D eigenvalue weighted by Crippen LogP contribution is 2.32. The highest BCUT2D eigenvalue weighted by Gasteiger charge is 2.20. The molecule has 1 aromatic heterocycles. The fourth-order valence-corrected chi connectivity index (χ4v) is 2.92. The van der Waals surface area contributed by atoms with Gasteiger partial charge in [-0.15, -0.1) is 11.3 Å². The number of amides is 2. The van der Waals surface area contributed by atoms with Gasteiger partial charge in [-0.2, -0.15) is 0 Å². The Morgan fingerprint density at radius 1 is 1.16 bits per heavy atom. The lowest BCUT2D eigenvalue weighted by Crippen LogP contribution is -2.35. The van der Waals surface area contributed by atoms with Gasteiger partial charge >= 0.3 is 17.8 Å². The molecule has 2 heterocycles. The van der Waals surface area contributed by atoms with Gasteiger partial charge in [0.1, 0.15) is 4.88 Å². The van der Waals surface area contributed by atoms with Crippen LogP contribution >= 0.6 is 11.3 Å². The zero-order valence-corrected chi connectivity index (χ0v) is 14.0. The van der Waals surface area contributed by atoms with Crippen molar-refractivity contribution in [3.05, 3.63) is 40.1 Å². The molecule has 2 aromatic rings. The molecule has 2 N–H and O–H groups in total. The Labute approximate surface area is 146 Å². The number of benzene rings is 1. The first kappa shape index (κ1) is 16.8. The SMILES string of the molecule is COC(=O)c1sccc1NC(=O)C(=O)NCc1ccc2c(c1)OCO2. The summed E-state index contributed by atoms with van der Waals surface area (Å²) < 4.78 is 15.1. The Morgan fingerprint density at radius 3 is 2.76 bits per heavy atom. The molecule has 0 atom stereocenters. The van der Waals surface area contributed by atoms with Crippen molar-refractivity contribution in [2.24, 2.45) is 0 Å². The van der Waals surface area contributed by atoms with E-state index in [0.29, 0.717) is 11.5 Å². The Balaban J connectivity index is 1.57. The molecule has 0 radical (unpaired) electrons. The molecule has 1 aromatic carbocycles. The zero-order chi connectivity index (χ0) is 17.8. The molecular formula is C16H14N2O6S. The van der Waals surface area contributed by atoms with Crippen LogP contribution in [-0.2, 0) is 20.9 Å². The van der Waals surface area contributed by atoms with Crippen molar-refractivity contribution in [2.45, 2.75) is 6.54 Å². The van der Waals surface area contributed by atoms with Gasteiger partial charge in [0.2, 0.25) is 6.79 Å². The second-order valence-electron chi connectivity index (χ2n) is 4.98. The van der Waals surface area contributed by atoms with Crippen LogP contribution in [0.5, 0.6) is 11.5 Å². The number of fused-ring (bicyclic) bond motifs is 1. The third-order valence-electron chi connectivity index (χ3n) is 3.38. The molecule has 8 nitrogen and oxygen atoms in total. The Morgan fingerprint density at radius 2 is 1.96 bits per heavy atom. The summed E-state index contributed by atoms with van der Waals surface area (Å²) in [6.45, 7) is 0.313. The molecule has 3 rings (SSSR count). The smallest absolute Gasteiger partial charge is 0.350 e. The maximum absolute atomic E-state index is 12.0. The van der Waals surface area contributed by atoms with E-state index in [1.165, 1.54) is 13.2 Å². The Hall–Kier alpha value is -3.07. The number of anilines is 1. The van der Waals surface area contributed by atoms with Gasteiger partial charge in [-0.3, -0.25) is 9.59 Å². The van der Waals surface area contributed by atoms with Crippen LogP contribution in [-0.4, -0.2) is 31.7 Å². The lowest BCUT2D eigenvalue weighted by atomic mass is 10.2. The number of carbonyl (C=O) groups is 3. The first-order valence-corrected chi connectivity index (χ1v) is 8.10. The van der Waals surface area contributed by atoms with E-state index in [4.69, 9.17) is 9.47 Å². The predicted molar refractivity (Wildman–Crippen MR) is 88.7 cm³/mol. The number of esters is 1. The molecular weight excluding hydrogens is 348 g/mol. The van der Waals surface area contributed by atoms with Crippen LogP contribution in [0.1, 0.15) is 15.2 Å². The van der Waals surface area contributed by atoms with Crippen molar-refractivity contribution in [2.75, 3.05) is 19.2 Å². The van der Waals surface area contributed by atoms with Crippen LogP contribution in [0, 0.1) is 0 Å². The molecule has 130 valence electrons. The number of hydrogen-bond acceptors (Lipinski definition) is 7. The van der Waals surface area contributed by atoms with Crippen molar-refractivity contribution in [3.63, 3.8) is 0 Å². The average Bonchev–Trinajstić information content (AvgIpc) is 3.27. The van der Waals surface area contributed by atoms with E-state index in [0.717, 1.165) is 16.9 Å². The highest BCUT2D eigenvalue weighted by molar-refractivity contribution is 7.12. The van der Waals surface area contributed by atoms with Gasteiger partial charge in [0.15, 0.2) is 11.5 Å². The second-order valence-corrected chi connectivity index (χ2v) is 5.90. The Bertz CT molecular complexity index is 832. The third kappa shape index (κ3) is 3.72. The zero-order valence-electron chi connectivity index (χ0n) is 13.2. The fraction of sp³-hybridized carbons (Fsp3) is 0.188. The van der Waals surface area contributed by atoms with Crippen molar-refractivity contribution in [3.8, 4) is 11.5 Å². The average molecular weight is 362 g/mol. The van der Waals surface area contributed by atoms with Crippen LogP contribution in [0.4, 0.5) is 5.69 Å². The third-order valence-corrected chi connectivity index (χ3v) is 4.27. The quantitative estimate of drug-likeness (QED) is 0.631. The molecule has 0 bridgehead atoms. The molecule has 0 aliphatic carbocycles. The molecule has 2 amide bonds. The maximum atomic E-state index is 12.0. The number of ether oxygens (including phenoxy) is 3. The van der Waals surface area contributed by atoms with Gasteiger partial charge in [0.05, 0.1) is 12.8 Å².